The third kappa shape index (κ3) is 3.52. The molecule has 0 saturated heterocycles. The second kappa shape index (κ2) is 5.96. The Labute approximate surface area is 112 Å². The first-order valence-electron chi connectivity index (χ1n) is 5.96. The maximum Gasteiger partial charge on any atom is 0.129 e. The molecule has 0 unspecified atom stereocenters. The van der Waals surface area contributed by atoms with Crippen LogP contribution in [0, 0.1) is 6.92 Å². The molecule has 0 heterocycles. The summed E-state index contributed by atoms with van der Waals surface area (Å²) in [4.78, 5) is 0. The lowest BCUT2D eigenvalue weighted by molar-refractivity contribution is 0.407. The number of hydrogen-bond donors (Lipinski definition) is 1. The number of hydrogen-bond acceptors (Lipinski definition) is 3. The minimum Gasteiger partial charge on any atom is -0.508 e. The molecule has 0 atom stereocenters. The van der Waals surface area contributed by atoms with Gasteiger partial charge in [0.25, 0.3) is 0 Å². The molecular weight excluding hydrogens is 240 g/mol. The van der Waals surface area contributed by atoms with Gasteiger partial charge in [-0.2, -0.15) is 0 Å². The summed E-state index contributed by atoms with van der Waals surface area (Å²) in [6, 6.07) is 12.8. The largest absolute Gasteiger partial charge is 0.508 e. The van der Waals surface area contributed by atoms with Gasteiger partial charge in [-0.25, -0.2) is 0 Å². The second-order valence-electron chi connectivity index (χ2n) is 4.15. The Bertz CT molecular complexity index is 588. The number of phenols is 1. The summed E-state index contributed by atoms with van der Waals surface area (Å²) in [6.45, 7) is 1.99. The SMILES string of the molecule is COc1cc(O)cc(C=COc2ccccc2C)c1. The number of aromatic hydroxyl groups is 1. The lowest BCUT2D eigenvalue weighted by Gasteiger charge is -2.04. The predicted molar refractivity (Wildman–Crippen MR) is 75.5 cm³/mol. The monoisotopic (exact) mass is 256 g/mol. The van der Waals surface area contributed by atoms with E-state index in [1.165, 1.54) is 0 Å². The van der Waals surface area contributed by atoms with Gasteiger partial charge >= 0.3 is 0 Å². The molecule has 0 aliphatic heterocycles. The van der Waals surface area contributed by atoms with Gasteiger partial charge in [-0.15, -0.1) is 0 Å². The van der Waals surface area contributed by atoms with E-state index in [0.717, 1.165) is 16.9 Å². The molecule has 0 amide bonds. The van der Waals surface area contributed by atoms with Crippen molar-refractivity contribution in [3.63, 3.8) is 0 Å². The molecule has 1 N–H and O–H groups in total. The Morgan fingerprint density at radius 2 is 1.89 bits per heavy atom. The summed E-state index contributed by atoms with van der Waals surface area (Å²) < 4.78 is 10.6. The van der Waals surface area contributed by atoms with E-state index >= 15 is 0 Å². The highest BCUT2D eigenvalue weighted by atomic mass is 16.5. The van der Waals surface area contributed by atoms with Gasteiger partial charge in [0.2, 0.25) is 0 Å². The van der Waals surface area contributed by atoms with Crippen molar-refractivity contribution in [2.24, 2.45) is 0 Å². The molecule has 0 saturated carbocycles. The highest BCUT2D eigenvalue weighted by molar-refractivity contribution is 5.54. The minimum atomic E-state index is 0.162. The quantitative estimate of drug-likeness (QED) is 0.846. The molecule has 0 spiro atoms. The molecule has 0 aliphatic carbocycles. The van der Waals surface area contributed by atoms with Gasteiger partial charge < -0.3 is 14.6 Å². The summed E-state index contributed by atoms with van der Waals surface area (Å²) in [6.07, 6.45) is 3.37. The summed E-state index contributed by atoms with van der Waals surface area (Å²) in [7, 11) is 1.56. The normalized spacial score (nSPS) is 10.6. The zero-order valence-electron chi connectivity index (χ0n) is 11.0. The lowest BCUT2D eigenvalue weighted by atomic mass is 10.2. The first-order chi connectivity index (χ1) is 9.19. The van der Waals surface area contributed by atoms with Crippen molar-refractivity contribution in [1.29, 1.82) is 0 Å². The van der Waals surface area contributed by atoms with Gasteiger partial charge in [-0.3, -0.25) is 0 Å². The third-order valence-corrected chi connectivity index (χ3v) is 2.70. The molecule has 0 aromatic heterocycles. The van der Waals surface area contributed by atoms with Gasteiger partial charge in [0.05, 0.1) is 13.4 Å². The van der Waals surface area contributed by atoms with Crippen molar-refractivity contribution in [1.82, 2.24) is 0 Å². The van der Waals surface area contributed by atoms with Crippen LogP contribution in [0.5, 0.6) is 17.2 Å². The van der Waals surface area contributed by atoms with E-state index in [0.29, 0.717) is 5.75 Å². The van der Waals surface area contributed by atoms with Gasteiger partial charge in [0.15, 0.2) is 0 Å². The van der Waals surface area contributed by atoms with Crippen LogP contribution >= 0.6 is 0 Å². The first-order valence-corrected chi connectivity index (χ1v) is 5.96. The van der Waals surface area contributed by atoms with E-state index in [2.05, 4.69) is 0 Å². The number of para-hydroxylation sites is 1. The van der Waals surface area contributed by atoms with Crippen molar-refractivity contribution in [3.05, 3.63) is 59.9 Å². The fraction of sp³-hybridized carbons (Fsp3) is 0.125. The number of aryl methyl sites for hydroxylation is 1. The molecule has 3 heteroatoms. The van der Waals surface area contributed by atoms with Crippen LogP contribution in [0.3, 0.4) is 0 Å². The molecule has 2 rings (SSSR count). The third-order valence-electron chi connectivity index (χ3n) is 2.70. The van der Waals surface area contributed by atoms with E-state index in [1.54, 1.807) is 31.6 Å². The summed E-state index contributed by atoms with van der Waals surface area (Å²) in [5.41, 5.74) is 1.88. The van der Waals surface area contributed by atoms with Crippen LogP contribution in [0.4, 0.5) is 0 Å². The molecule has 0 fully saturated rings. The van der Waals surface area contributed by atoms with Crippen LogP contribution < -0.4 is 9.47 Å². The Morgan fingerprint density at radius 1 is 1.11 bits per heavy atom. The number of ether oxygens (including phenoxy) is 2. The highest BCUT2D eigenvalue weighted by Gasteiger charge is 1.98. The van der Waals surface area contributed by atoms with Crippen molar-refractivity contribution in [2.45, 2.75) is 6.92 Å². The Kier molecular flexibility index (Phi) is 4.08. The summed E-state index contributed by atoms with van der Waals surface area (Å²) in [5.74, 6) is 1.58. The average molecular weight is 256 g/mol. The molecule has 2 aromatic rings. The zero-order valence-corrected chi connectivity index (χ0v) is 11.0. The van der Waals surface area contributed by atoms with Crippen molar-refractivity contribution in [3.8, 4) is 17.2 Å². The van der Waals surface area contributed by atoms with Crippen LogP contribution in [-0.4, -0.2) is 12.2 Å². The molecule has 19 heavy (non-hydrogen) atoms. The zero-order chi connectivity index (χ0) is 13.7. The van der Waals surface area contributed by atoms with Gasteiger partial charge in [0, 0.05) is 6.07 Å². The topological polar surface area (TPSA) is 38.7 Å². The van der Waals surface area contributed by atoms with Crippen LogP contribution in [0.15, 0.2) is 48.7 Å². The number of methoxy groups -OCH3 is 1. The van der Waals surface area contributed by atoms with E-state index in [9.17, 15) is 5.11 Å². The molecule has 0 aliphatic rings. The molecule has 98 valence electrons. The van der Waals surface area contributed by atoms with Gasteiger partial charge in [-0.1, -0.05) is 18.2 Å². The van der Waals surface area contributed by atoms with Gasteiger partial charge in [-0.05, 0) is 42.3 Å². The number of phenolic OH excluding ortho intramolecular Hbond substituents is 1. The van der Waals surface area contributed by atoms with E-state index < -0.39 is 0 Å². The lowest BCUT2D eigenvalue weighted by Crippen LogP contribution is -1.86. The van der Waals surface area contributed by atoms with E-state index in [-0.39, 0.29) is 5.75 Å². The standard InChI is InChI=1S/C16H16O3/c1-12-5-3-4-6-16(12)19-8-7-13-9-14(17)11-15(10-13)18-2/h3-11,17H,1-2H3. The molecule has 0 radical (unpaired) electrons. The predicted octanol–water partition coefficient (Wildman–Crippen LogP) is 3.76. The van der Waals surface area contributed by atoms with E-state index in [1.807, 2.05) is 37.3 Å². The maximum atomic E-state index is 9.53. The molecule has 3 nitrogen and oxygen atoms in total. The minimum absolute atomic E-state index is 0.162. The molecular formula is C16H16O3. The van der Waals surface area contributed by atoms with Crippen LogP contribution in [0.25, 0.3) is 6.08 Å². The Balaban J connectivity index is 2.11. The summed E-state index contributed by atoms with van der Waals surface area (Å²) in [5, 5.41) is 9.53. The van der Waals surface area contributed by atoms with Crippen molar-refractivity contribution < 1.29 is 14.6 Å². The maximum absolute atomic E-state index is 9.53. The van der Waals surface area contributed by atoms with Crippen molar-refractivity contribution in [2.75, 3.05) is 7.11 Å². The fourth-order valence-electron chi connectivity index (χ4n) is 1.69. The van der Waals surface area contributed by atoms with Crippen LogP contribution in [0.1, 0.15) is 11.1 Å². The molecule has 2 aromatic carbocycles. The fourth-order valence-corrected chi connectivity index (χ4v) is 1.69. The number of rotatable bonds is 4. The van der Waals surface area contributed by atoms with Crippen molar-refractivity contribution >= 4 is 6.08 Å². The number of benzene rings is 2. The smallest absolute Gasteiger partial charge is 0.129 e. The van der Waals surface area contributed by atoms with Crippen LogP contribution in [0.2, 0.25) is 0 Å². The summed E-state index contributed by atoms with van der Waals surface area (Å²) >= 11 is 0. The average Bonchev–Trinajstić information content (AvgIpc) is 2.40. The first kappa shape index (κ1) is 13.0. The van der Waals surface area contributed by atoms with E-state index in [4.69, 9.17) is 9.47 Å². The second-order valence-corrected chi connectivity index (χ2v) is 4.15. The highest BCUT2D eigenvalue weighted by Crippen LogP contribution is 2.23. The Hall–Kier alpha value is -2.42. The van der Waals surface area contributed by atoms with Gasteiger partial charge in [0.1, 0.15) is 17.2 Å². The van der Waals surface area contributed by atoms with Crippen LogP contribution in [-0.2, 0) is 0 Å². The Morgan fingerprint density at radius 3 is 2.63 bits per heavy atom. The molecule has 0 bridgehead atoms.